The van der Waals surface area contributed by atoms with E-state index in [1.165, 1.54) is 21.3 Å². The Kier molecular flexibility index (Phi) is 5.47. The molecule has 24 heavy (non-hydrogen) atoms. The highest BCUT2D eigenvalue weighted by Crippen LogP contribution is 2.42. The van der Waals surface area contributed by atoms with Crippen LogP contribution in [0.2, 0.25) is 0 Å². The summed E-state index contributed by atoms with van der Waals surface area (Å²) in [6.45, 7) is 1.74. The summed E-state index contributed by atoms with van der Waals surface area (Å²) in [5.41, 5.74) is 1.43. The Bertz CT molecular complexity index is 734. The minimum Gasteiger partial charge on any atom is -0.505 e. The van der Waals surface area contributed by atoms with Gasteiger partial charge in [-0.3, -0.25) is 0 Å². The molecule has 7 heteroatoms. The minimum absolute atomic E-state index is 0.0190. The Hall–Kier alpha value is -2.96. The Morgan fingerprint density at radius 2 is 1.38 bits per heavy atom. The molecule has 0 heterocycles. The first-order chi connectivity index (χ1) is 11.5. The lowest BCUT2D eigenvalue weighted by molar-refractivity contribution is 0.324. The standard InChI is InChI=1S/C17H20N2O5/c1-10-13(21-2)7-6-12(16(10)20)19-18-11-8-14(22-3)17(24-5)15(9-11)23-4/h6-9,20H,1-5H3. The summed E-state index contributed by atoms with van der Waals surface area (Å²) in [5, 5.41) is 18.4. The first kappa shape index (κ1) is 17.4. The lowest BCUT2D eigenvalue weighted by Gasteiger charge is -2.12. The van der Waals surface area contributed by atoms with E-state index in [9.17, 15) is 5.11 Å². The smallest absolute Gasteiger partial charge is 0.203 e. The molecule has 0 fully saturated rings. The number of phenolic OH excluding ortho intramolecular Hbond substituents is 1. The van der Waals surface area contributed by atoms with Crippen LogP contribution in [0.4, 0.5) is 11.4 Å². The summed E-state index contributed by atoms with van der Waals surface area (Å²) in [6.07, 6.45) is 0. The molecular weight excluding hydrogens is 312 g/mol. The number of azo groups is 1. The van der Waals surface area contributed by atoms with Crippen LogP contribution in [0.25, 0.3) is 0 Å². The second kappa shape index (κ2) is 7.54. The number of nitrogens with zero attached hydrogens (tertiary/aromatic N) is 2. The molecule has 0 bridgehead atoms. The Balaban J connectivity index is 2.41. The highest BCUT2D eigenvalue weighted by Gasteiger charge is 2.13. The molecule has 2 rings (SSSR count). The van der Waals surface area contributed by atoms with Crippen molar-refractivity contribution in [3.05, 3.63) is 29.8 Å². The molecule has 0 aromatic heterocycles. The molecule has 0 saturated carbocycles. The van der Waals surface area contributed by atoms with Gasteiger partial charge in [0.15, 0.2) is 11.5 Å². The van der Waals surface area contributed by atoms with Crippen molar-refractivity contribution in [2.24, 2.45) is 10.2 Å². The van der Waals surface area contributed by atoms with Crippen molar-refractivity contribution in [1.29, 1.82) is 0 Å². The molecule has 128 valence electrons. The summed E-state index contributed by atoms with van der Waals surface area (Å²) in [5.74, 6) is 2.02. The fourth-order valence-corrected chi connectivity index (χ4v) is 2.21. The Morgan fingerprint density at radius 3 is 1.88 bits per heavy atom. The fourth-order valence-electron chi connectivity index (χ4n) is 2.21. The molecule has 7 nitrogen and oxygen atoms in total. The van der Waals surface area contributed by atoms with Gasteiger partial charge in [-0.25, -0.2) is 0 Å². The van der Waals surface area contributed by atoms with Gasteiger partial charge in [0.1, 0.15) is 17.2 Å². The number of ether oxygens (including phenoxy) is 4. The van der Waals surface area contributed by atoms with E-state index in [2.05, 4.69) is 10.2 Å². The van der Waals surface area contributed by atoms with Gasteiger partial charge < -0.3 is 24.1 Å². The molecule has 0 spiro atoms. The Labute approximate surface area is 140 Å². The molecule has 2 aromatic carbocycles. The van der Waals surface area contributed by atoms with E-state index in [4.69, 9.17) is 18.9 Å². The van der Waals surface area contributed by atoms with Crippen LogP contribution in [0.15, 0.2) is 34.5 Å². The zero-order valence-corrected chi connectivity index (χ0v) is 14.3. The van der Waals surface area contributed by atoms with Gasteiger partial charge in [-0.1, -0.05) is 0 Å². The van der Waals surface area contributed by atoms with Gasteiger partial charge in [-0.15, -0.1) is 5.11 Å². The number of phenols is 1. The van der Waals surface area contributed by atoms with Crippen LogP contribution < -0.4 is 18.9 Å². The predicted molar refractivity (Wildman–Crippen MR) is 89.7 cm³/mol. The van der Waals surface area contributed by atoms with E-state index in [1.807, 2.05) is 0 Å². The summed E-state index contributed by atoms with van der Waals surface area (Å²) >= 11 is 0. The van der Waals surface area contributed by atoms with E-state index < -0.39 is 0 Å². The summed E-state index contributed by atoms with van der Waals surface area (Å²) in [4.78, 5) is 0. The third kappa shape index (κ3) is 3.34. The maximum absolute atomic E-state index is 10.2. The van der Waals surface area contributed by atoms with Crippen LogP contribution in [0, 0.1) is 6.92 Å². The predicted octanol–water partition coefficient (Wildman–Crippen LogP) is 4.15. The number of aromatic hydroxyl groups is 1. The summed E-state index contributed by atoms with van der Waals surface area (Å²) in [6, 6.07) is 6.68. The molecule has 0 aliphatic carbocycles. The van der Waals surface area contributed by atoms with Crippen molar-refractivity contribution in [3.63, 3.8) is 0 Å². The van der Waals surface area contributed by atoms with Crippen molar-refractivity contribution < 1.29 is 24.1 Å². The van der Waals surface area contributed by atoms with Crippen molar-refractivity contribution in [2.45, 2.75) is 6.92 Å². The number of hydrogen-bond donors (Lipinski definition) is 1. The fraction of sp³-hybridized carbons (Fsp3) is 0.294. The molecule has 0 aliphatic heterocycles. The van der Waals surface area contributed by atoms with Gasteiger partial charge in [0.25, 0.3) is 0 Å². The molecule has 2 aromatic rings. The summed E-state index contributed by atoms with van der Waals surface area (Å²) in [7, 11) is 6.12. The second-order valence-electron chi connectivity index (χ2n) is 4.84. The lowest BCUT2D eigenvalue weighted by Crippen LogP contribution is -1.94. The van der Waals surface area contributed by atoms with Crippen molar-refractivity contribution >= 4 is 11.4 Å². The first-order valence-corrected chi connectivity index (χ1v) is 7.14. The lowest BCUT2D eigenvalue weighted by atomic mass is 10.2. The van der Waals surface area contributed by atoms with Crippen LogP contribution in [-0.4, -0.2) is 33.5 Å². The van der Waals surface area contributed by atoms with E-state index in [1.54, 1.807) is 38.3 Å². The third-order valence-corrected chi connectivity index (χ3v) is 3.50. The third-order valence-electron chi connectivity index (χ3n) is 3.50. The van der Waals surface area contributed by atoms with Crippen LogP contribution in [0.5, 0.6) is 28.7 Å². The van der Waals surface area contributed by atoms with Gasteiger partial charge in [0, 0.05) is 17.7 Å². The van der Waals surface area contributed by atoms with E-state index in [-0.39, 0.29) is 5.75 Å². The van der Waals surface area contributed by atoms with Crippen LogP contribution in [0.1, 0.15) is 5.56 Å². The van der Waals surface area contributed by atoms with Gasteiger partial charge in [-0.2, -0.15) is 5.11 Å². The molecule has 0 aliphatic rings. The largest absolute Gasteiger partial charge is 0.505 e. The normalized spacial score (nSPS) is 10.7. The van der Waals surface area contributed by atoms with Crippen LogP contribution in [0.3, 0.4) is 0 Å². The molecule has 0 unspecified atom stereocenters. The van der Waals surface area contributed by atoms with E-state index in [0.29, 0.717) is 39.9 Å². The topological polar surface area (TPSA) is 81.9 Å². The number of hydrogen-bond acceptors (Lipinski definition) is 7. The number of rotatable bonds is 6. The van der Waals surface area contributed by atoms with Crippen LogP contribution in [-0.2, 0) is 0 Å². The first-order valence-electron chi connectivity index (χ1n) is 7.14. The van der Waals surface area contributed by atoms with Gasteiger partial charge in [-0.05, 0) is 19.1 Å². The highest BCUT2D eigenvalue weighted by molar-refractivity contribution is 5.62. The van der Waals surface area contributed by atoms with Crippen LogP contribution >= 0.6 is 0 Å². The zero-order chi connectivity index (χ0) is 17.7. The van der Waals surface area contributed by atoms with E-state index >= 15 is 0 Å². The maximum atomic E-state index is 10.2. The molecule has 0 amide bonds. The van der Waals surface area contributed by atoms with Crippen molar-refractivity contribution in [1.82, 2.24) is 0 Å². The van der Waals surface area contributed by atoms with Gasteiger partial charge in [0.05, 0.1) is 34.1 Å². The van der Waals surface area contributed by atoms with Gasteiger partial charge >= 0.3 is 0 Å². The molecule has 0 atom stereocenters. The quantitative estimate of drug-likeness (QED) is 0.804. The molecule has 1 N–H and O–H groups in total. The highest BCUT2D eigenvalue weighted by atomic mass is 16.5. The SMILES string of the molecule is COc1ccc(N=Nc2cc(OC)c(OC)c(OC)c2)c(O)c1C. The molecular formula is C17H20N2O5. The van der Waals surface area contributed by atoms with Gasteiger partial charge in [0.2, 0.25) is 5.75 Å². The van der Waals surface area contributed by atoms with Crippen molar-refractivity contribution in [3.8, 4) is 28.7 Å². The van der Waals surface area contributed by atoms with Crippen molar-refractivity contribution in [2.75, 3.05) is 28.4 Å². The maximum Gasteiger partial charge on any atom is 0.203 e. The molecule has 0 saturated heterocycles. The molecule has 0 radical (unpaired) electrons. The summed E-state index contributed by atoms with van der Waals surface area (Å²) < 4.78 is 21.0. The second-order valence-corrected chi connectivity index (χ2v) is 4.84. The average Bonchev–Trinajstić information content (AvgIpc) is 2.61. The number of methoxy groups -OCH3 is 4. The monoisotopic (exact) mass is 332 g/mol. The average molecular weight is 332 g/mol. The van der Waals surface area contributed by atoms with E-state index in [0.717, 1.165) is 0 Å². The zero-order valence-electron chi connectivity index (χ0n) is 14.3. The minimum atomic E-state index is 0.0190. The Morgan fingerprint density at radius 1 is 0.792 bits per heavy atom. The number of benzene rings is 2.